The number of hydrogen-bond acceptors (Lipinski definition) is 4. The second-order valence-electron chi connectivity index (χ2n) is 9.77. The highest BCUT2D eigenvalue weighted by Gasteiger charge is 2.29. The topological polar surface area (TPSA) is 84.3 Å². The summed E-state index contributed by atoms with van der Waals surface area (Å²) in [4.78, 5) is 37.7. The number of benzene rings is 1. The van der Waals surface area contributed by atoms with Crippen LogP contribution in [0.3, 0.4) is 0 Å². The zero-order valence-electron chi connectivity index (χ0n) is 18.6. The summed E-state index contributed by atoms with van der Waals surface area (Å²) in [6, 6.07) is 8.88. The van der Waals surface area contributed by atoms with Gasteiger partial charge in [0.15, 0.2) is 0 Å². The summed E-state index contributed by atoms with van der Waals surface area (Å²) < 4.78 is 1.84. The standard InChI is InChI=1S/C23H30N4O3/c1-22(2,3)17-13-18(27(25-17)23(4,5)6)24-21(30)16-9-7-15(8-10-16)14-26-19(28)11-12-20(26)29/h7-10,13H,11-12,14H2,1-6H3,(H,24,30). The lowest BCUT2D eigenvalue weighted by atomic mass is 9.92. The molecule has 3 rings (SSSR count). The average molecular weight is 411 g/mol. The second kappa shape index (κ2) is 7.70. The van der Waals surface area contributed by atoms with Gasteiger partial charge in [0.2, 0.25) is 11.8 Å². The van der Waals surface area contributed by atoms with Crippen LogP contribution >= 0.6 is 0 Å². The summed E-state index contributed by atoms with van der Waals surface area (Å²) >= 11 is 0. The van der Waals surface area contributed by atoms with E-state index >= 15 is 0 Å². The lowest BCUT2D eigenvalue weighted by Crippen LogP contribution is -2.28. The van der Waals surface area contributed by atoms with Gasteiger partial charge in [-0.15, -0.1) is 0 Å². The van der Waals surface area contributed by atoms with Crippen molar-refractivity contribution in [1.82, 2.24) is 14.7 Å². The van der Waals surface area contributed by atoms with Crippen LogP contribution in [-0.4, -0.2) is 32.4 Å². The van der Waals surface area contributed by atoms with Gasteiger partial charge in [0.1, 0.15) is 5.82 Å². The number of imide groups is 1. The highest BCUT2D eigenvalue weighted by Crippen LogP contribution is 2.28. The summed E-state index contributed by atoms with van der Waals surface area (Å²) in [5.74, 6) is 0.120. The van der Waals surface area contributed by atoms with Crippen molar-refractivity contribution >= 4 is 23.5 Å². The molecule has 1 aromatic carbocycles. The predicted octanol–water partition coefficient (Wildman–Crippen LogP) is 3.84. The van der Waals surface area contributed by atoms with Crippen molar-refractivity contribution < 1.29 is 14.4 Å². The Morgan fingerprint density at radius 2 is 1.57 bits per heavy atom. The molecule has 7 heteroatoms. The van der Waals surface area contributed by atoms with E-state index < -0.39 is 0 Å². The molecule has 7 nitrogen and oxygen atoms in total. The van der Waals surface area contributed by atoms with Crippen LogP contribution in [0.5, 0.6) is 0 Å². The lowest BCUT2D eigenvalue weighted by Gasteiger charge is -2.23. The molecule has 1 fully saturated rings. The number of nitrogens with one attached hydrogen (secondary N) is 1. The quantitative estimate of drug-likeness (QED) is 0.776. The SMILES string of the molecule is CC(C)(C)c1cc(NC(=O)c2ccc(CN3C(=O)CCC3=O)cc2)n(C(C)(C)C)n1. The highest BCUT2D eigenvalue weighted by molar-refractivity contribution is 6.04. The van der Waals surface area contributed by atoms with Gasteiger partial charge in [-0.1, -0.05) is 32.9 Å². The first-order chi connectivity index (χ1) is 13.9. The Bertz CT molecular complexity index is 959. The maximum atomic E-state index is 12.8. The minimum Gasteiger partial charge on any atom is -0.307 e. The van der Waals surface area contributed by atoms with Gasteiger partial charge in [0.05, 0.1) is 17.8 Å². The van der Waals surface area contributed by atoms with Crippen molar-refractivity contribution in [1.29, 1.82) is 0 Å². The minimum absolute atomic E-state index is 0.137. The molecule has 1 aliphatic rings. The molecule has 3 amide bonds. The first-order valence-corrected chi connectivity index (χ1v) is 10.2. The molecule has 0 unspecified atom stereocenters. The molecule has 2 heterocycles. The largest absolute Gasteiger partial charge is 0.307 e. The van der Waals surface area contributed by atoms with E-state index in [9.17, 15) is 14.4 Å². The second-order valence-corrected chi connectivity index (χ2v) is 9.77. The minimum atomic E-state index is -0.287. The molecule has 1 aliphatic heterocycles. The van der Waals surface area contributed by atoms with Gasteiger partial charge in [-0.2, -0.15) is 5.10 Å². The van der Waals surface area contributed by atoms with Gasteiger partial charge >= 0.3 is 0 Å². The first kappa shape index (κ1) is 21.7. The third kappa shape index (κ3) is 4.61. The molecule has 2 aromatic rings. The van der Waals surface area contributed by atoms with Crippen LogP contribution in [0.2, 0.25) is 0 Å². The number of anilines is 1. The molecule has 0 spiro atoms. The van der Waals surface area contributed by atoms with Crippen LogP contribution in [0.1, 0.15) is 76.0 Å². The normalized spacial score (nSPS) is 15.1. The first-order valence-electron chi connectivity index (χ1n) is 10.2. The highest BCUT2D eigenvalue weighted by atomic mass is 16.2. The van der Waals surface area contributed by atoms with Crippen LogP contribution in [-0.2, 0) is 27.1 Å². The Morgan fingerprint density at radius 3 is 2.07 bits per heavy atom. The van der Waals surface area contributed by atoms with Crippen molar-refractivity contribution in [2.24, 2.45) is 0 Å². The Hall–Kier alpha value is -2.96. The van der Waals surface area contributed by atoms with Crippen LogP contribution in [0, 0.1) is 0 Å². The number of rotatable bonds is 4. The Balaban J connectivity index is 1.77. The van der Waals surface area contributed by atoms with E-state index in [0.29, 0.717) is 11.4 Å². The summed E-state index contributed by atoms with van der Waals surface area (Å²) in [6.45, 7) is 12.6. The van der Waals surface area contributed by atoms with Gasteiger partial charge < -0.3 is 5.32 Å². The van der Waals surface area contributed by atoms with Crippen LogP contribution in [0.25, 0.3) is 0 Å². The van der Waals surface area contributed by atoms with Crippen molar-refractivity contribution in [3.8, 4) is 0 Å². The van der Waals surface area contributed by atoms with Crippen LogP contribution in [0.4, 0.5) is 5.82 Å². The van der Waals surface area contributed by atoms with Gasteiger partial charge in [0, 0.05) is 29.9 Å². The molecule has 0 bridgehead atoms. The Labute approximate surface area is 177 Å². The fourth-order valence-electron chi connectivity index (χ4n) is 3.28. The third-order valence-corrected chi connectivity index (χ3v) is 5.07. The molecule has 1 saturated heterocycles. The molecular weight excluding hydrogens is 380 g/mol. The smallest absolute Gasteiger partial charge is 0.256 e. The molecule has 0 aliphatic carbocycles. The molecule has 1 N–H and O–H groups in total. The number of carbonyl (C=O) groups excluding carboxylic acids is 3. The van der Waals surface area contributed by atoms with Gasteiger partial charge in [-0.3, -0.25) is 19.3 Å². The molecule has 0 atom stereocenters. The average Bonchev–Trinajstić information content (AvgIpc) is 3.21. The van der Waals surface area contributed by atoms with Gasteiger partial charge in [-0.25, -0.2) is 4.68 Å². The van der Waals surface area contributed by atoms with Crippen molar-refractivity contribution in [3.63, 3.8) is 0 Å². The lowest BCUT2D eigenvalue weighted by molar-refractivity contribution is -0.139. The Morgan fingerprint density at radius 1 is 1.00 bits per heavy atom. The third-order valence-electron chi connectivity index (χ3n) is 5.07. The van der Waals surface area contributed by atoms with E-state index in [1.807, 2.05) is 31.5 Å². The number of hydrogen-bond donors (Lipinski definition) is 1. The summed E-state index contributed by atoms with van der Waals surface area (Å²) in [6.07, 6.45) is 0.550. The van der Waals surface area contributed by atoms with E-state index in [0.717, 1.165) is 11.3 Å². The van der Waals surface area contributed by atoms with E-state index in [4.69, 9.17) is 5.10 Å². The molecule has 0 saturated carbocycles. The van der Waals surface area contributed by atoms with Crippen molar-refractivity contribution in [2.75, 3.05) is 5.32 Å². The Kier molecular flexibility index (Phi) is 5.58. The van der Waals surface area contributed by atoms with Gasteiger partial charge in [0.25, 0.3) is 5.91 Å². The fraction of sp³-hybridized carbons (Fsp3) is 0.478. The van der Waals surface area contributed by atoms with E-state index in [-0.39, 0.29) is 48.1 Å². The van der Waals surface area contributed by atoms with Crippen LogP contribution in [0.15, 0.2) is 30.3 Å². The molecule has 0 radical (unpaired) electrons. The number of likely N-dealkylation sites (tertiary alicyclic amines) is 1. The van der Waals surface area contributed by atoms with E-state index in [1.54, 1.807) is 24.3 Å². The summed E-state index contributed by atoms with van der Waals surface area (Å²) in [5.41, 5.74) is 1.79. The summed E-state index contributed by atoms with van der Waals surface area (Å²) in [7, 11) is 0. The number of amides is 3. The number of aromatic nitrogens is 2. The van der Waals surface area contributed by atoms with E-state index in [1.165, 1.54) is 4.90 Å². The number of nitrogens with zero attached hydrogens (tertiary/aromatic N) is 3. The molecule has 1 aromatic heterocycles. The maximum Gasteiger partial charge on any atom is 0.256 e. The van der Waals surface area contributed by atoms with Crippen LogP contribution < -0.4 is 5.32 Å². The summed E-state index contributed by atoms with van der Waals surface area (Å²) in [5, 5.41) is 7.69. The molecule has 30 heavy (non-hydrogen) atoms. The zero-order chi connectivity index (χ0) is 22.3. The maximum absolute atomic E-state index is 12.8. The van der Waals surface area contributed by atoms with Gasteiger partial charge in [-0.05, 0) is 38.5 Å². The van der Waals surface area contributed by atoms with Crippen molar-refractivity contribution in [2.45, 2.75) is 71.9 Å². The fourth-order valence-corrected chi connectivity index (χ4v) is 3.28. The predicted molar refractivity (Wildman–Crippen MR) is 115 cm³/mol. The van der Waals surface area contributed by atoms with Crippen molar-refractivity contribution in [3.05, 3.63) is 47.2 Å². The monoisotopic (exact) mass is 410 g/mol. The molecule has 160 valence electrons. The van der Waals surface area contributed by atoms with E-state index in [2.05, 4.69) is 26.1 Å². The molecular formula is C23H30N4O3. The zero-order valence-corrected chi connectivity index (χ0v) is 18.6. The number of carbonyl (C=O) groups is 3.